The van der Waals surface area contributed by atoms with Crippen molar-refractivity contribution in [2.24, 2.45) is 0 Å². The van der Waals surface area contributed by atoms with Gasteiger partial charge in [-0.2, -0.15) is 0 Å². The second-order valence-electron chi connectivity index (χ2n) is 7.24. The Morgan fingerprint density at radius 2 is 2.03 bits per heavy atom. The lowest BCUT2D eigenvalue weighted by molar-refractivity contribution is 0.0980. The Labute approximate surface area is 166 Å². The Morgan fingerprint density at radius 3 is 2.86 bits per heavy atom. The van der Waals surface area contributed by atoms with Crippen molar-refractivity contribution in [3.8, 4) is 17.2 Å². The van der Waals surface area contributed by atoms with Gasteiger partial charge in [0.2, 0.25) is 0 Å². The summed E-state index contributed by atoms with van der Waals surface area (Å²) in [4.78, 5) is 28.3. The molecule has 148 valence electrons. The van der Waals surface area contributed by atoms with E-state index in [0.29, 0.717) is 42.1 Å². The largest absolute Gasteiger partial charge is 0.506 e. The zero-order valence-electron chi connectivity index (χ0n) is 16.0. The molecule has 0 spiro atoms. The number of aromatic nitrogens is 1. The normalized spacial score (nSPS) is 15.0. The van der Waals surface area contributed by atoms with Crippen LogP contribution >= 0.6 is 0 Å². The minimum absolute atomic E-state index is 0.213. The number of hydrogen-bond acceptors (Lipinski definition) is 5. The maximum absolute atomic E-state index is 13.5. The number of para-hydroxylation sites is 1. The van der Waals surface area contributed by atoms with Gasteiger partial charge in [-0.25, -0.2) is 0 Å². The number of carbonyl (C=O) groups is 1. The van der Waals surface area contributed by atoms with Gasteiger partial charge in [-0.05, 0) is 30.5 Å². The minimum atomic E-state index is -0.502. The van der Waals surface area contributed by atoms with Gasteiger partial charge in [0.1, 0.15) is 29.4 Å². The Hall–Kier alpha value is -3.48. The van der Waals surface area contributed by atoms with Crippen molar-refractivity contribution in [1.82, 2.24) is 4.57 Å². The number of carbonyl (C=O) groups excluding carboxylic acids is 1. The van der Waals surface area contributed by atoms with Gasteiger partial charge in [0, 0.05) is 23.7 Å². The van der Waals surface area contributed by atoms with Crippen LogP contribution in [0.1, 0.15) is 22.3 Å². The molecule has 2 aliphatic heterocycles. The predicted molar refractivity (Wildman–Crippen MR) is 108 cm³/mol. The fourth-order valence-electron chi connectivity index (χ4n) is 4.27. The van der Waals surface area contributed by atoms with Crippen LogP contribution in [0.25, 0.3) is 10.9 Å². The quantitative estimate of drug-likeness (QED) is 0.725. The van der Waals surface area contributed by atoms with Crippen molar-refractivity contribution in [2.45, 2.75) is 19.4 Å². The van der Waals surface area contributed by atoms with Crippen molar-refractivity contribution < 1.29 is 19.4 Å². The highest BCUT2D eigenvalue weighted by Crippen LogP contribution is 2.39. The van der Waals surface area contributed by atoms with Crippen molar-refractivity contribution in [3.05, 3.63) is 57.9 Å². The highest BCUT2D eigenvalue weighted by atomic mass is 16.5. The molecular weight excluding hydrogens is 372 g/mol. The lowest BCUT2D eigenvalue weighted by atomic mass is 10.00. The molecule has 0 saturated carbocycles. The van der Waals surface area contributed by atoms with Crippen molar-refractivity contribution in [3.63, 3.8) is 0 Å². The highest BCUT2D eigenvalue weighted by Gasteiger charge is 2.31. The molecule has 2 aliphatic rings. The molecule has 3 heterocycles. The number of rotatable bonds is 2. The minimum Gasteiger partial charge on any atom is -0.506 e. The van der Waals surface area contributed by atoms with Gasteiger partial charge in [-0.1, -0.05) is 18.2 Å². The Balaban J connectivity index is 1.75. The summed E-state index contributed by atoms with van der Waals surface area (Å²) >= 11 is 0. The third-order valence-electron chi connectivity index (χ3n) is 5.65. The van der Waals surface area contributed by atoms with E-state index in [1.165, 1.54) is 11.7 Å². The van der Waals surface area contributed by atoms with Gasteiger partial charge < -0.3 is 24.0 Å². The molecule has 0 fully saturated rings. The number of ether oxygens (including phenoxy) is 2. The molecule has 0 unspecified atom stereocenters. The number of anilines is 1. The van der Waals surface area contributed by atoms with Crippen molar-refractivity contribution in [2.75, 3.05) is 25.2 Å². The van der Waals surface area contributed by atoms with Crippen molar-refractivity contribution in [1.29, 1.82) is 0 Å². The fraction of sp³-hybridized carbons (Fsp3) is 0.273. The van der Waals surface area contributed by atoms with E-state index in [0.717, 1.165) is 24.1 Å². The number of aromatic hydroxyl groups is 1. The molecule has 1 N–H and O–H groups in total. The lowest BCUT2D eigenvalue weighted by Gasteiger charge is -2.30. The molecule has 29 heavy (non-hydrogen) atoms. The monoisotopic (exact) mass is 392 g/mol. The number of amides is 1. The van der Waals surface area contributed by atoms with E-state index in [9.17, 15) is 14.7 Å². The molecule has 1 aromatic heterocycles. The maximum Gasteiger partial charge on any atom is 0.267 e. The number of methoxy groups -OCH3 is 1. The van der Waals surface area contributed by atoms with Crippen LogP contribution in [0.5, 0.6) is 17.2 Å². The van der Waals surface area contributed by atoms with Gasteiger partial charge >= 0.3 is 0 Å². The summed E-state index contributed by atoms with van der Waals surface area (Å²) in [6.07, 6.45) is 1.68. The van der Waals surface area contributed by atoms with Gasteiger partial charge in [0.15, 0.2) is 0 Å². The maximum atomic E-state index is 13.5. The number of pyridine rings is 1. The van der Waals surface area contributed by atoms with Crippen LogP contribution in [0.15, 0.2) is 41.2 Å². The molecule has 0 bridgehead atoms. The van der Waals surface area contributed by atoms with Gasteiger partial charge in [-0.3, -0.25) is 9.59 Å². The van der Waals surface area contributed by atoms with Crippen molar-refractivity contribution >= 4 is 22.5 Å². The van der Waals surface area contributed by atoms with E-state index in [-0.39, 0.29) is 11.3 Å². The molecule has 3 aromatic rings. The Kier molecular flexibility index (Phi) is 3.97. The SMILES string of the molecule is COc1cc2c3c(c1)c(O)c(C(=O)N1CCCc4ccccc41)c(=O)n3CCO2. The molecule has 0 saturated heterocycles. The van der Waals surface area contributed by atoms with Gasteiger partial charge in [-0.15, -0.1) is 0 Å². The number of aryl methyl sites for hydroxylation is 1. The number of hydrogen-bond donors (Lipinski definition) is 1. The molecule has 0 aliphatic carbocycles. The van der Waals surface area contributed by atoms with Gasteiger partial charge in [0.25, 0.3) is 11.5 Å². The molecule has 0 atom stereocenters. The number of nitrogens with zero attached hydrogens (tertiary/aromatic N) is 2. The summed E-state index contributed by atoms with van der Waals surface area (Å²) in [5.41, 5.74) is 1.62. The first-order valence-electron chi connectivity index (χ1n) is 9.60. The molecule has 2 aromatic carbocycles. The first-order valence-corrected chi connectivity index (χ1v) is 9.60. The number of benzene rings is 2. The standard InChI is InChI=1S/C22H20N2O5/c1-28-14-11-15-19-17(12-14)29-10-9-24(19)22(27)18(20(15)25)21(26)23-8-4-6-13-5-2-3-7-16(13)23/h2-3,5,7,11-12,25H,4,6,8-10H2,1H3. The van der Waals surface area contributed by atoms with E-state index in [2.05, 4.69) is 0 Å². The van der Waals surface area contributed by atoms with Crippen LogP contribution in [0.3, 0.4) is 0 Å². The van der Waals surface area contributed by atoms with Gasteiger partial charge in [0.05, 0.1) is 19.2 Å². The summed E-state index contributed by atoms with van der Waals surface area (Å²) in [7, 11) is 1.51. The Bertz CT molecular complexity index is 1210. The zero-order chi connectivity index (χ0) is 20.1. The molecule has 5 rings (SSSR count). The highest BCUT2D eigenvalue weighted by molar-refractivity contribution is 6.11. The fourth-order valence-corrected chi connectivity index (χ4v) is 4.27. The molecule has 7 heteroatoms. The second kappa shape index (κ2) is 6.55. The second-order valence-corrected chi connectivity index (χ2v) is 7.24. The third kappa shape index (κ3) is 2.57. The first kappa shape index (κ1) is 17.6. The molecule has 1 amide bonds. The van der Waals surface area contributed by atoms with Crippen LogP contribution in [0, 0.1) is 0 Å². The molecular formula is C22H20N2O5. The first-order chi connectivity index (χ1) is 14.1. The average molecular weight is 392 g/mol. The van der Waals surface area contributed by atoms with E-state index in [1.54, 1.807) is 17.0 Å². The van der Waals surface area contributed by atoms with Crippen LogP contribution < -0.4 is 19.9 Å². The molecule has 7 nitrogen and oxygen atoms in total. The number of fused-ring (bicyclic) bond motifs is 1. The average Bonchev–Trinajstić information content (AvgIpc) is 2.76. The van der Waals surface area contributed by atoms with Crippen LogP contribution in [0.4, 0.5) is 5.69 Å². The van der Waals surface area contributed by atoms with E-state index < -0.39 is 11.5 Å². The summed E-state index contributed by atoms with van der Waals surface area (Å²) in [6.45, 7) is 1.12. The third-order valence-corrected chi connectivity index (χ3v) is 5.65. The summed E-state index contributed by atoms with van der Waals surface area (Å²) in [5.74, 6) is 0.123. The topological polar surface area (TPSA) is 81.0 Å². The summed E-state index contributed by atoms with van der Waals surface area (Å²) in [6, 6.07) is 11.0. The molecule has 0 radical (unpaired) electrons. The lowest BCUT2D eigenvalue weighted by Crippen LogP contribution is -2.40. The smallest absolute Gasteiger partial charge is 0.267 e. The summed E-state index contributed by atoms with van der Waals surface area (Å²) < 4.78 is 12.5. The Morgan fingerprint density at radius 1 is 1.21 bits per heavy atom. The predicted octanol–water partition coefficient (Wildman–Crippen LogP) is 2.70. The van der Waals surface area contributed by atoms with Crippen LogP contribution in [-0.2, 0) is 13.0 Å². The van der Waals surface area contributed by atoms with E-state index in [4.69, 9.17) is 9.47 Å². The zero-order valence-corrected chi connectivity index (χ0v) is 16.0. The van der Waals surface area contributed by atoms with E-state index >= 15 is 0 Å². The van der Waals surface area contributed by atoms with Crippen LogP contribution in [-0.4, -0.2) is 35.8 Å². The summed E-state index contributed by atoms with van der Waals surface area (Å²) in [5, 5.41) is 11.4. The van der Waals surface area contributed by atoms with E-state index in [1.807, 2.05) is 24.3 Å². The van der Waals surface area contributed by atoms with Crippen LogP contribution in [0.2, 0.25) is 0 Å².